The van der Waals surface area contributed by atoms with Crippen molar-refractivity contribution >= 4 is 0 Å². The predicted molar refractivity (Wildman–Crippen MR) is 56.9 cm³/mol. The van der Waals surface area contributed by atoms with Crippen LogP contribution in [0.5, 0.6) is 0 Å². The predicted octanol–water partition coefficient (Wildman–Crippen LogP) is 2.27. The Bertz CT molecular complexity index is 191. The van der Waals surface area contributed by atoms with Crippen molar-refractivity contribution < 1.29 is 14.2 Å². The van der Waals surface area contributed by atoms with Crippen LogP contribution in [0.4, 0.5) is 0 Å². The van der Waals surface area contributed by atoms with E-state index in [-0.39, 0.29) is 6.29 Å². The molecule has 0 rings (SSSR count). The Hall–Kier alpha value is -1.06. The lowest BCUT2D eigenvalue weighted by molar-refractivity contribution is -0.0986. The van der Waals surface area contributed by atoms with Crippen molar-refractivity contribution in [1.82, 2.24) is 0 Å². The normalized spacial score (nSPS) is 12.6. The number of hydrogen-bond acceptors (Lipinski definition) is 3. The molecular formula is C11H18O3. The first kappa shape index (κ1) is 12.9. The van der Waals surface area contributed by atoms with Crippen LogP contribution in [0.2, 0.25) is 0 Å². The van der Waals surface area contributed by atoms with Crippen LogP contribution >= 0.6 is 0 Å². The molecule has 0 unspecified atom stereocenters. The molecule has 0 saturated heterocycles. The van der Waals surface area contributed by atoms with Crippen LogP contribution < -0.4 is 0 Å². The van der Waals surface area contributed by atoms with E-state index in [0.717, 1.165) is 6.42 Å². The highest BCUT2D eigenvalue weighted by Crippen LogP contribution is 1.98. The summed E-state index contributed by atoms with van der Waals surface area (Å²) in [7, 11) is 4.86. The monoisotopic (exact) mass is 198 g/mol. The number of rotatable bonds is 7. The van der Waals surface area contributed by atoms with E-state index in [1.807, 2.05) is 30.4 Å². The summed E-state index contributed by atoms with van der Waals surface area (Å²) in [6.45, 7) is 0. The molecule has 3 nitrogen and oxygen atoms in total. The van der Waals surface area contributed by atoms with E-state index in [9.17, 15) is 0 Å². The highest BCUT2D eigenvalue weighted by Gasteiger charge is 1.99. The van der Waals surface area contributed by atoms with Crippen molar-refractivity contribution in [3.05, 3.63) is 36.6 Å². The van der Waals surface area contributed by atoms with E-state index in [1.54, 1.807) is 27.6 Å². The Morgan fingerprint density at radius 2 is 1.57 bits per heavy atom. The van der Waals surface area contributed by atoms with Gasteiger partial charge in [-0.25, -0.2) is 0 Å². The van der Waals surface area contributed by atoms with Gasteiger partial charge in [0.25, 0.3) is 0 Å². The molecule has 0 amide bonds. The maximum Gasteiger partial charge on any atom is 0.160 e. The molecule has 0 bridgehead atoms. The summed E-state index contributed by atoms with van der Waals surface area (Å²) in [5.74, 6) is 0. The fraction of sp³-hybridized carbons (Fsp3) is 0.455. The second-order valence-electron chi connectivity index (χ2n) is 2.51. The number of ether oxygens (including phenoxy) is 3. The molecule has 0 aromatic rings. The van der Waals surface area contributed by atoms with E-state index in [4.69, 9.17) is 14.2 Å². The Labute approximate surface area is 85.7 Å². The lowest BCUT2D eigenvalue weighted by Crippen LogP contribution is -2.10. The second kappa shape index (κ2) is 10.0. The highest BCUT2D eigenvalue weighted by atomic mass is 16.7. The van der Waals surface area contributed by atoms with Crippen LogP contribution in [0.3, 0.4) is 0 Å². The minimum absolute atomic E-state index is 0.158. The molecule has 0 aliphatic heterocycles. The van der Waals surface area contributed by atoms with E-state index in [0.29, 0.717) is 0 Å². The van der Waals surface area contributed by atoms with Crippen LogP contribution in [-0.2, 0) is 14.2 Å². The Morgan fingerprint density at radius 1 is 0.929 bits per heavy atom. The van der Waals surface area contributed by atoms with Gasteiger partial charge in [0.1, 0.15) is 0 Å². The van der Waals surface area contributed by atoms with E-state index < -0.39 is 0 Å². The maximum atomic E-state index is 5.01. The second-order valence-corrected chi connectivity index (χ2v) is 2.51. The SMILES string of the molecule is COC=CC=CC=CCC(OC)OC. The highest BCUT2D eigenvalue weighted by molar-refractivity contribution is 5.09. The van der Waals surface area contributed by atoms with Crippen LogP contribution in [0.1, 0.15) is 6.42 Å². The van der Waals surface area contributed by atoms with Gasteiger partial charge >= 0.3 is 0 Å². The van der Waals surface area contributed by atoms with Crippen molar-refractivity contribution in [2.45, 2.75) is 12.7 Å². The summed E-state index contributed by atoms with van der Waals surface area (Å²) < 4.78 is 14.8. The fourth-order valence-electron chi connectivity index (χ4n) is 0.809. The van der Waals surface area contributed by atoms with Gasteiger partial charge in [0.2, 0.25) is 0 Å². The smallest absolute Gasteiger partial charge is 0.160 e. The molecule has 80 valence electrons. The van der Waals surface area contributed by atoms with Crippen molar-refractivity contribution in [2.24, 2.45) is 0 Å². The van der Waals surface area contributed by atoms with Gasteiger partial charge in [-0.1, -0.05) is 24.3 Å². The Kier molecular flexibility index (Phi) is 9.26. The summed E-state index contributed by atoms with van der Waals surface area (Å²) in [6, 6.07) is 0. The van der Waals surface area contributed by atoms with Crippen molar-refractivity contribution in [2.75, 3.05) is 21.3 Å². The first-order chi connectivity index (χ1) is 6.85. The molecule has 3 heteroatoms. The van der Waals surface area contributed by atoms with Gasteiger partial charge in [0.05, 0.1) is 13.4 Å². The molecule has 0 atom stereocenters. The molecule has 0 heterocycles. The minimum atomic E-state index is -0.158. The van der Waals surface area contributed by atoms with Gasteiger partial charge in [0.15, 0.2) is 6.29 Å². The Morgan fingerprint density at radius 3 is 2.14 bits per heavy atom. The molecule has 0 radical (unpaired) electrons. The van der Waals surface area contributed by atoms with Gasteiger partial charge < -0.3 is 14.2 Å². The zero-order chi connectivity index (χ0) is 10.6. The molecule has 0 aliphatic rings. The average Bonchev–Trinajstić information content (AvgIpc) is 2.22. The molecule has 14 heavy (non-hydrogen) atoms. The molecule has 0 spiro atoms. The number of hydrogen-bond donors (Lipinski definition) is 0. The average molecular weight is 198 g/mol. The van der Waals surface area contributed by atoms with Gasteiger partial charge in [-0.05, 0) is 6.08 Å². The molecular weight excluding hydrogens is 180 g/mol. The first-order valence-electron chi connectivity index (χ1n) is 4.42. The van der Waals surface area contributed by atoms with Gasteiger partial charge in [-0.3, -0.25) is 0 Å². The zero-order valence-corrected chi connectivity index (χ0v) is 8.97. The molecule has 0 N–H and O–H groups in total. The molecule has 0 saturated carbocycles. The topological polar surface area (TPSA) is 27.7 Å². The largest absolute Gasteiger partial charge is 0.504 e. The quantitative estimate of drug-likeness (QED) is 0.357. The summed E-state index contributed by atoms with van der Waals surface area (Å²) >= 11 is 0. The van der Waals surface area contributed by atoms with Gasteiger partial charge in [0, 0.05) is 20.6 Å². The number of methoxy groups -OCH3 is 3. The van der Waals surface area contributed by atoms with Crippen molar-refractivity contribution in [3.63, 3.8) is 0 Å². The molecule has 0 aliphatic carbocycles. The third kappa shape index (κ3) is 7.58. The van der Waals surface area contributed by atoms with Crippen LogP contribution in [-0.4, -0.2) is 27.6 Å². The standard InChI is InChI=1S/C11H18O3/c1-12-10-8-6-4-5-7-9-11(13-2)14-3/h4-8,10-11H,9H2,1-3H3. The summed E-state index contributed by atoms with van der Waals surface area (Å²) in [6.07, 6.45) is 11.7. The van der Waals surface area contributed by atoms with Crippen molar-refractivity contribution in [1.29, 1.82) is 0 Å². The van der Waals surface area contributed by atoms with Gasteiger partial charge in [-0.2, -0.15) is 0 Å². The first-order valence-corrected chi connectivity index (χ1v) is 4.42. The molecule has 0 aromatic carbocycles. The van der Waals surface area contributed by atoms with Crippen LogP contribution in [0.25, 0.3) is 0 Å². The fourth-order valence-corrected chi connectivity index (χ4v) is 0.809. The minimum Gasteiger partial charge on any atom is -0.504 e. The summed E-state index contributed by atoms with van der Waals surface area (Å²) in [5, 5.41) is 0. The van der Waals surface area contributed by atoms with Gasteiger partial charge in [-0.15, -0.1) is 0 Å². The third-order valence-corrected chi connectivity index (χ3v) is 1.54. The summed E-state index contributed by atoms with van der Waals surface area (Å²) in [4.78, 5) is 0. The maximum absolute atomic E-state index is 5.01. The van der Waals surface area contributed by atoms with E-state index in [2.05, 4.69) is 0 Å². The zero-order valence-electron chi connectivity index (χ0n) is 8.97. The lowest BCUT2D eigenvalue weighted by Gasteiger charge is -2.09. The van der Waals surface area contributed by atoms with E-state index >= 15 is 0 Å². The molecule has 0 aromatic heterocycles. The number of allylic oxidation sites excluding steroid dienone is 4. The van der Waals surface area contributed by atoms with Crippen LogP contribution in [0, 0.1) is 0 Å². The molecule has 0 fully saturated rings. The third-order valence-electron chi connectivity index (χ3n) is 1.54. The Balaban J connectivity index is 3.62. The van der Waals surface area contributed by atoms with Crippen molar-refractivity contribution in [3.8, 4) is 0 Å². The summed E-state index contributed by atoms with van der Waals surface area (Å²) in [5.41, 5.74) is 0. The van der Waals surface area contributed by atoms with Crippen LogP contribution in [0.15, 0.2) is 36.6 Å². The van der Waals surface area contributed by atoms with E-state index in [1.165, 1.54) is 0 Å². The lowest BCUT2D eigenvalue weighted by atomic mass is 10.3.